The third-order valence-corrected chi connectivity index (χ3v) is 5.99. The molecule has 156 valence electrons. The zero-order valence-electron chi connectivity index (χ0n) is 17.1. The van der Waals surface area contributed by atoms with Crippen LogP contribution in [0.25, 0.3) is 0 Å². The van der Waals surface area contributed by atoms with Crippen LogP contribution in [0.3, 0.4) is 0 Å². The van der Waals surface area contributed by atoms with E-state index < -0.39 is 6.04 Å². The van der Waals surface area contributed by atoms with Gasteiger partial charge in [0.2, 0.25) is 11.8 Å². The summed E-state index contributed by atoms with van der Waals surface area (Å²) in [5.41, 5.74) is 2.01. The van der Waals surface area contributed by atoms with Crippen molar-refractivity contribution < 1.29 is 9.59 Å². The molecule has 0 bridgehead atoms. The minimum atomic E-state index is -0.562. The topological polar surface area (TPSA) is 49.4 Å². The molecule has 29 heavy (non-hydrogen) atoms. The molecule has 0 saturated carbocycles. The number of hydrogen-bond donors (Lipinski definition) is 1. The van der Waals surface area contributed by atoms with Crippen LogP contribution in [0.15, 0.2) is 54.6 Å². The lowest BCUT2D eigenvalue weighted by atomic mass is 10.1. The third-order valence-electron chi connectivity index (χ3n) is 4.63. The Balaban J connectivity index is 2.04. The highest BCUT2D eigenvalue weighted by Crippen LogP contribution is 2.20. The lowest BCUT2D eigenvalue weighted by molar-refractivity contribution is -0.138. The Morgan fingerprint density at radius 2 is 1.79 bits per heavy atom. The van der Waals surface area contributed by atoms with Crippen molar-refractivity contribution in [1.29, 1.82) is 0 Å². The number of halogens is 1. The summed E-state index contributed by atoms with van der Waals surface area (Å²) in [7, 11) is 0. The van der Waals surface area contributed by atoms with Gasteiger partial charge in [0.1, 0.15) is 6.04 Å². The van der Waals surface area contributed by atoms with Gasteiger partial charge in [0, 0.05) is 23.9 Å². The molecular weight excluding hydrogens is 404 g/mol. The van der Waals surface area contributed by atoms with Gasteiger partial charge >= 0.3 is 0 Å². The number of thioether (sulfide) groups is 1. The average Bonchev–Trinajstić information content (AvgIpc) is 2.73. The van der Waals surface area contributed by atoms with Crippen LogP contribution in [0.4, 0.5) is 0 Å². The van der Waals surface area contributed by atoms with Gasteiger partial charge < -0.3 is 10.2 Å². The molecule has 0 saturated heterocycles. The Bertz CT molecular complexity index is 785. The molecule has 6 heteroatoms. The maximum atomic E-state index is 13.0. The monoisotopic (exact) mass is 432 g/mol. The van der Waals surface area contributed by atoms with Crippen LogP contribution in [-0.2, 0) is 21.9 Å². The summed E-state index contributed by atoms with van der Waals surface area (Å²) in [5.74, 6) is 0.867. The number of nitrogens with zero attached hydrogens (tertiary/aromatic N) is 1. The molecule has 0 fully saturated rings. The van der Waals surface area contributed by atoms with Gasteiger partial charge in [-0.1, -0.05) is 73.5 Å². The summed E-state index contributed by atoms with van der Waals surface area (Å²) in [6.07, 6.45) is 1.93. The van der Waals surface area contributed by atoms with E-state index >= 15 is 0 Å². The molecule has 2 aromatic carbocycles. The molecule has 2 amide bonds. The largest absolute Gasteiger partial charge is 0.354 e. The van der Waals surface area contributed by atoms with Crippen LogP contribution < -0.4 is 5.32 Å². The van der Waals surface area contributed by atoms with E-state index in [1.807, 2.05) is 48.5 Å². The summed E-state index contributed by atoms with van der Waals surface area (Å²) in [4.78, 5) is 27.2. The fourth-order valence-electron chi connectivity index (χ4n) is 2.84. The number of carbonyl (C=O) groups is 2. The molecule has 1 N–H and O–H groups in total. The van der Waals surface area contributed by atoms with E-state index in [1.54, 1.807) is 29.7 Å². The summed E-state index contributed by atoms with van der Waals surface area (Å²) in [5, 5.41) is 3.53. The molecule has 0 heterocycles. The van der Waals surface area contributed by atoms with E-state index in [0.29, 0.717) is 23.9 Å². The first-order valence-corrected chi connectivity index (χ1v) is 11.5. The third kappa shape index (κ3) is 7.75. The predicted molar refractivity (Wildman–Crippen MR) is 122 cm³/mol. The number of benzene rings is 2. The molecule has 1 atom stereocenters. The highest BCUT2D eigenvalue weighted by molar-refractivity contribution is 7.99. The lowest BCUT2D eigenvalue weighted by Crippen LogP contribution is -2.48. The highest BCUT2D eigenvalue weighted by Gasteiger charge is 2.26. The van der Waals surface area contributed by atoms with Gasteiger partial charge in [-0.3, -0.25) is 9.59 Å². The molecule has 0 aliphatic heterocycles. The number of nitrogens with one attached hydrogen (secondary N) is 1. The standard InChI is InChI=1S/C23H29ClN2O2S/c1-3-4-14-25-23(28)18(2)26(15-20-12-8-9-13-21(20)24)22(27)17-29-16-19-10-6-5-7-11-19/h5-13,18H,3-4,14-17H2,1-2H3,(H,25,28)/t18-/m1/s1. The predicted octanol–water partition coefficient (Wildman–Crippen LogP) is 4.91. The van der Waals surface area contributed by atoms with Gasteiger partial charge in [-0.15, -0.1) is 11.8 Å². The molecule has 0 spiro atoms. The van der Waals surface area contributed by atoms with Crippen molar-refractivity contribution in [2.45, 2.75) is 45.0 Å². The van der Waals surface area contributed by atoms with Gasteiger partial charge in [-0.2, -0.15) is 0 Å². The summed E-state index contributed by atoms with van der Waals surface area (Å²) < 4.78 is 0. The van der Waals surface area contributed by atoms with Gasteiger partial charge in [-0.05, 0) is 30.5 Å². The van der Waals surface area contributed by atoms with Crippen LogP contribution in [0.1, 0.15) is 37.8 Å². The van der Waals surface area contributed by atoms with E-state index in [-0.39, 0.29) is 11.8 Å². The lowest BCUT2D eigenvalue weighted by Gasteiger charge is -2.29. The van der Waals surface area contributed by atoms with E-state index in [9.17, 15) is 9.59 Å². The van der Waals surface area contributed by atoms with Crippen molar-refractivity contribution >= 4 is 35.2 Å². The van der Waals surface area contributed by atoms with Crippen molar-refractivity contribution in [3.05, 3.63) is 70.7 Å². The van der Waals surface area contributed by atoms with Crippen LogP contribution in [0.5, 0.6) is 0 Å². The van der Waals surface area contributed by atoms with Gasteiger partial charge in [0.25, 0.3) is 0 Å². The van der Waals surface area contributed by atoms with Crippen molar-refractivity contribution in [1.82, 2.24) is 10.2 Å². The first-order chi connectivity index (χ1) is 14.0. The number of hydrogen-bond acceptors (Lipinski definition) is 3. The molecule has 2 rings (SSSR count). The van der Waals surface area contributed by atoms with Crippen LogP contribution in [0, 0.1) is 0 Å². The molecule has 0 unspecified atom stereocenters. The SMILES string of the molecule is CCCCNC(=O)[C@@H](C)N(Cc1ccccc1Cl)C(=O)CSCc1ccccc1. The number of carbonyl (C=O) groups excluding carboxylic acids is 2. The van der Waals surface area contributed by atoms with E-state index in [4.69, 9.17) is 11.6 Å². The Hall–Kier alpha value is -1.98. The van der Waals surface area contributed by atoms with Crippen LogP contribution >= 0.6 is 23.4 Å². The van der Waals surface area contributed by atoms with Gasteiger partial charge in [-0.25, -0.2) is 0 Å². The van der Waals surface area contributed by atoms with Crippen molar-refractivity contribution in [2.75, 3.05) is 12.3 Å². The smallest absolute Gasteiger partial charge is 0.242 e. The fourth-order valence-corrected chi connectivity index (χ4v) is 3.91. The van der Waals surface area contributed by atoms with Crippen molar-refractivity contribution in [2.24, 2.45) is 0 Å². The van der Waals surface area contributed by atoms with Crippen LogP contribution in [0.2, 0.25) is 5.02 Å². The molecule has 0 aliphatic rings. The number of amides is 2. The molecule has 0 radical (unpaired) electrons. The fraction of sp³-hybridized carbons (Fsp3) is 0.391. The van der Waals surface area contributed by atoms with E-state index in [0.717, 1.165) is 24.2 Å². The number of rotatable bonds is 11. The van der Waals surface area contributed by atoms with Crippen molar-refractivity contribution in [3.63, 3.8) is 0 Å². The summed E-state index contributed by atoms with van der Waals surface area (Å²) in [6, 6.07) is 16.9. The quantitative estimate of drug-likeness (QED) is 0.513. The second kappa shape index (κ2) is 12.6. The first kappa shape index (κ1) is 23.3. The second-order valence-electron chi connectivity index (χ2n) is 6.91. The summed E-state index contributed by atoms with van der Waals surface area (Å²) >= 11 is 7.85. The van der Waals surface area contributed by atoms with Gasteiger partial charge in [0.05, 0.1) is 5.75 Å². The Labute approximate surface area is 183 Å². The first-order valence-electron chi connectivity index (χ1n) is 9.95. The maximum absolute atomic E-state index is 13.0. The van der Waals surface area contributed by atoms with Crippen molar-refractivity contribution in [3.8, 4) is 0 Å². The van der Waals surface area contributed by atoms with E-state index in [1.165, 1.54) is 5.56 Å². The molecule has 4 nitrogen and oxygen atoms in total. The molecule has 0 aromatic heterocycles. The zero-order valence-corrected chi connectivity index (χ0v) is 18.6. The summed E-state index contributed by atoms with van der Waals surface area (Å²) in [6.45, 7) is 4.79. The Morgan fingerprint density at radius 1 is 1.10 bits per heavy atom. The van der Waals surface area contributed by atoms with Gasteiger partial charge in [0.15, 0.2) is 0 Å². The molecule has 2 aromatic rings. The Morgan fingerprint density at radius 3 is 2.48 bits per heavy atom. The molecule has 0 aliphatic carbocycles. The second-order valence-corrected chi connectivity index (χ2v) is 8.30. The highest BCUT2D eigenvalue weighted by atomic mass is 35.5. The minimum absolute atomic E-state index is 0.0657. The maximum Gasteiger partial charge on any atom is 0.242 e. The Kier molecular flexibility index (Phi) is 10.1. The van der Waals surface area contributed by atoms with Crippen LogP contribution in [-0.4, -0.2) is 35.1 Å². The minimum Gasteiger partial charge on any atom is -0.354 e. The number of unbranched alkanes of at least 4 members (excludes halogenated alkanes) is 1. The normalized spacial score (nSPS) is 11.7. The average molecular weight is 433 g/mol. The zero-order chi connectivity index (χ0) is 21.1. The molecular formula is C23H29ClN2O2S. The van der Waals surface area contributed by atoms with E-state index in [2.05, 4.69) is 12.2 Å².